The molecule has 0 aromatic carbocycles. The summed E-state index contributed by atoms with van der Waals surface area (Å²) in [5, 5.41) is 6.26. The van der Waals surface area contributed by atoms with Crippen LogP contribution in [0.2, 0.25) is 0 Å². The Bertz CT molecular complexity index is 671. The number of carbonyl (C=O) groups excluding carboxylic acids is 1. The van der Waals surface area contributed by atoms with Gasteiger partial charge in [0.2, 0.25) is 0 Å². The van der Waals surface area contributed by atoms with Gasteiger partial charge in [-0.05, 0) is 38.3 Å². The van der Waals surface area contributed by atoms with Crippen LogP contribution in [0.5, 0.6) is 0 Å². The number of pyridine rings is 1. The molecule has 7 nitrogen and oxygen atoms in total. The molecule has 0 bridgehead atoms. The average Bonchev–Trinajstić information content (AvgIpc) is 2.72. The number of anilines is 1. The highest BCUT2D eigenvalue weighted by molar-refractivity contribution is 5.80. The zero-order valence-electron chi connectivity index (χ0n) is 16.8. The monoisotopic (exact) mass is 415 g/mol. The van der Waals surface area contributed by atoms with Crippen LogP contribution in [-0.4, -0.2) is 61.6 Å². The second kappa shape index (κ2) is 10.9. The number of carbonyl (C=O) groups is 1. The number of esters is 1. The van der Waals surface area contributed by atoms with Gasteiger partial charge in [0.25, 0.3) is 0 Å². The SMILES string of the molecule is CCNC(=NCCCNc1ccc(C(F)(F)F)cn1)N1CCC(C(=O)OC)CC1. The molecule has 0 spiro atoms. The molecule has 2 rings (SSSR count). The van der Waals surface area contributed by atoms with E-state index in [9.17, 15) is 18.0 Å². The molecule has 0 aliphatic carbocycles. The van der Waals surface area contributed by atoms with Gasteiger partial charge < -0.3 is 20.3 Å². The molecule has 0 amide bonds. The Labute approximate surface area is 168 Å². The molecule has 0 saturated carbocycles. The maximum atomic E-state index is 12.5. The van der Waals surface area contributed by atoms with Crippen molar-refractivity contribution < 1.29 is 22.7 Å². The van der Waals surface area contributed by atoms with Crippen LogP contribution in [-0.2, 0) is 15.7 Å². The Kier molecular flexibility index (Phi) is 8.53. The number of halogens is 3. The first-order chi connectivity index (χ1) is 13.8. The summed E-state index contributed by atoms with van der Waals surface area (Å²) in [5.74, 6) is 0.997. The molecule has 0 radical (unpaired) electrons. The van der Waals surface area contributed by atoms with Crippen LogP contribution in [0.1, 0.15) is 31.7 Å². The van der Waals surface area contributed by atoms with Crippen molar-refractivity contribution >= 4 is 17.7 Å². The van der Waals surface area contributed by atoms with Crippen molar-refractivity contribution in [3.05, 3.63) is 23.9 Å². The first-order valence-corrected chi connectivity index (χ1v) is 9.73. The summed E-state index contributed by atoms with van der Waals surface area (Å²) in [6.07, 6.45) is -1.39. The fraction of sp³-hybridized carbons (Fsp3) is 0.632. The Hall–Kier alpha value is -2.52. The number of alkyl halides is 3. The number of piperidine rings is 1. The van der Waals surface area contributed by atoms with Gasteiger partial charge in [0, 0.05) is 38.9 Å². The lowest BCUT2D eigenvalue weighted by Gasteiger charge is -2.33. The summed E-state index contributed by atoms with van der Waals surface area (Å²) in [7, 11) is 1.41. The molecule has 0 atom stereocenters. The molecule has 162 valence electrons. The van der Waals surface area contributed by atoms with Gasteiger partial charge in [0.05, 0.1) is 18.6 Å². The minimum atomic E-state index is -4.38. The molecule has 2 heterocycles. The molecule has 1 aliphatic rings. The van der Waals surface area contributed by atoms with Crippen LogP contribution in [0.3, 0.4) is 0 Å². The number of hydrogen-bond acceptors (Lipinski definition) is 5. The van der Waals surface area contributed by atoms with Crippen molar-refractivity contribution in [2.45, 2.75) is 32.4 Å². The lowest BCUT2D eigenvalue weighted by Crippen LogP contribution is -2.46. The molecular formula is C19H28F3N5O2. The zero-order valence-corrected chi connectivity index (χ0v) is 16.8. The van der Waals surface area contributed by atoms with Crippen molar-refractivity contribution in [3.8, 4) is 0 Å². The smallest absolute Gasteiger partial charge is 0.417 e. The summed E-state index contributed by atoms with van der Waals surface area (Å²) >= 11 is 0. The molecule has 10 heteroatoms. The maximum Gasteiger partial charge on any atom is 0.417 e. The number of aliphatic imine (C=N–C) groups is 1. The Balaban J connectivity index is 1.77. The van der Waals surface area contributed by atoms with Gasteiger partial charge >= 0.3 is 12.1 Å². The summed E-state index contributed by atoms with van der Waals surface area (Å²) < 4.78 is 42.4. The maximum absolute atomic E-state index is 12.5. The summed E-state index contributed by atoms with van der Waals surface area (Å²) in [4.78, 5) is 22.2. The summed E-state index contributed by atoms with van der Waals surface area (Å²) in [6.45, 7) is 5.31. The highest BCUT2D eigenvalue weighted by Crippen LogP contribution is 2.28. The summed E-state index contributed by atoms with van der Waals surface area (Å²) in [5.41, 5.74) is -0.765. The highest BCUT2D eigenvalue weighted by atomic mass is 19.4. The van der Waals surface area contributed by atoms with E-state index in [0.29, 0.717) is 25.3 Å². The van der Waals surface area contributed by atoms with Gasteiger partial charge in [0.1, 0.15) is 5.82 Å². The molecule has 1 aromatic rings. The normalized spacial score (nSPS) is 15.9. The topological polar surface area (TPSA) is 78.9 Å². The van der Waals surface area contributed by atoms with E-state index < -0.39 is 11.7 Å². The minimum absolute atomic E-state index is 0.0560. The predicted octanol–water partition coefficient (Wildman–Crippen LogP) is 2.75. The van der Waals surface area contributed by atoms with E-state index in [2.05, 4.69) is 25.5 Å². The van der Waals surface area contributed by atoms with E-state index >= 15 is 0 Å². The summed E-state index contributed by atoms with van der Waals surface area (Å²) in [6, 6.07) is 2.33. The van der Waals surface area contributed by atoms with E-state index in [-0.39, 0.29) is 11.9 Å². The number of hydrogen-bond donors (Lipinski definition) is 2. The van der Waals surface area contributed by atoms with E-state index in [1.807, 2.05) is 6.92 Å². The van der Waals surface area contributed by atoms with Gasteiger partial charge in [-0.3, -0.25) is 9.79 Å². The molecule has 0 unspecified atom stereocenters. The largest absolute Gasteiger partial charge is 0.469 e. The Morgan fingerprint density at radius 2 is 2.07 bits per heavy atom. The fourth-order valence-corrected chi connectivity index (χ4v) is 3.07. The average molecular weight is 415 g/mol. The molecule has 1 aromatic heterocycles. The van der Waals surface area contributed by atoms with Crippen LogP contribution in [0.25, 0.3) is 0 Å². The lowest BCUT2D eigenvalue weighted by molar-refractivity contribution is -0.146. The Morgan fingerprint density at radius 3 is 2.62 bits per heavy atom. The van der Waals surface area contributed by atoms with Crippen LogP contribution in [0, 0.1) is 5.92 Å². The molecule has 1 fully saturated rings. The van der Waals surface area contributed by atoms with E-state index in [1.165, 1.54) is 13.2 Å². The lowest BCUT2D eigenvalue weighted by atomic mass is 9.97. The van der Waals surface area contributed by atoms with Gasteiger partial charge in [-0.1, -0.05) is 0 Å². The van der Waals surface area contributed by atoms with E-state index in [4.69, 9.17) is 4.74 Å². The van der Waals surface area contributed by atoms with Crippen molar-refractivity contribution in [3.63, 3.8) is 0 Å². The first-order valence-electron chi connectivity index (χ1n) is 9.73. The van der Waals surface area contributed by atoms with Crippen LogP contribution >= 0.6 is 0 Å². The van der Waals surface area contributed by atoms with Crippen molar-refractivity contribution in [1.82, 2.24) is 15.2 Å². The van der Waals surface area contributed by atoms with Crippen molar-refractivity contribution in [1.29, 1.82) is 0 Å². The number of nitrogens with zero attached hydrogens (tertiary/aromatic N) is 3. The number of guanidine groups is 1. The second-order valence-electron chi connectivity index (χ2n) is 6.73. The standard InChI is InChI=1S/C19H28F3N5O2/c1-3-23-18(27-11-7-14(8-12-27)17(28)29-2)25-10-4-9-24-16-6-5-15(13-26-16)19(20,21)22/h5-6,13-14H,3-4,7-12H2,1-2H3,(H,23,25)(H,24,26). The number of ether oxygens (including phenoxy) is 1. The van der Waals surface area contributed by atoms with Crippen molar-refractivity contribution in [2.75, 3.05) is 45.2 Å². The van der Waals surface area contributed by atoms with Gasteiger partial charge in [-0.25, -0.2) is 4.98 Å². The minimum Gasteiger partial charge on any atom is -0.469 e. The second-order valence-corrected chi connectivity index (χ2v) is 6.73. The number of rotatable bonds is 7. The first kappa shape index (κ1) is 22.8. The Morgan fingerprint density at radius 1 is 1.34 bits per heavy atom. The predicted molar refractivity (Wildman–Crippen MR) is 105 cm³/mol. The third-order valence-electron chi connectivity index (χ3n) is 4.66. The van der Waals surface area contributed by atoms with E-state index in [0.717, 1.165) is 50.7 Å². The quantitative estimate of drug-likeness (QED) is 0.309. The van der Waals surface area contributed by atoms with Crippen LogP contribution in [0.4, 0.5) is 19.0 Å². The fourth-order valence-electron chi connectivity index (χ4n) is 3.07. The number of methoxy groups -OCH3 is 1. The number of nitrogens with one attached hydrogen (secondary N) is 2. The zero-order chi connectivity index (χ0) is 21.3. The highest BCUT2D eigenvalue weighted by Gasteiger charge is 2.30. The van der Waals surface area contributed by atoms with E-state index in [1.54, 1.807) is 0 Å². The van der Waals surface area contributed by atoms with Crippen LogP contribution < -0.4 is 10.6 Å². The molecule has 1 saturated heterocycles. The van der Waals surface area contributed by atoms with Crippen LogP contribution in [0.15, 0.2) is 23.3 Å². The van der Waals surface area contributed by atoms with Crippen molar-refractivity contribution in [2.24, 2.45) is 10.9 Å². The number of likely N-dealkylation sites (tertiary alicyclic amines) is 1. The molecule has 2 N–H and O–H groups in total. The third-order valence-corrected chi connectivity index (χ3v) is 4.66. The molecule has 29 heavy (non-hydrogen) atoms. The van der Waals surface area contributed by atoms with Gasteiger partial charge in [0.15, 0.2) is 5.96 Å². The number of aromatic nitrogens is 1. The third kappa shape index (κ3) is 7.10. The van der Waals surface area contributed by atoms with Gasteiger partial charge in [-0.15, -0.1) is 0 Å². The van der Waals surface area contributed by atoms with Gasteiger partial charge in [-0.2, -0.15) is 13.2 Å². The molecule has 1 aliphatic heterocycles. The molecular weight excluding hydrogens is 387 g/mol.